The minimum Gasteiger partial charge on any atom is -0.305 e. The van der Waals surface area contributed by atoms with Crippen LogP contribution < -0.4 is 0 Å². The maximum absolute atomic E-state index is 12.1. The van der Waals surface area contributed by atoms with E-state index in [0.29, 0.717) is 5.78 Å². The highest BCUT2D eigenvalue weighted by Crippen LogP contribution is 2.30. The average molecular weight is 288 g/mol. The smallest absolute Gasteiger partial charge is 0.137 e. The predicted octanol–water partition coefficient (Wildman–Crippen LogP) is 3.34. The second-order valence-electron chi connectivity index (χ2n) is 6.43. The standard InChI is InChI=1S/C18H28N2O/c1-3-6-15-8-9-18(21)16(13-15)14-20(2)12-10-17-7-4-5-11-19-17/h4-5,7,11,15-16H,3,6,8-10,12-14H2,1-2H3. The van der Waals surface area contributed by atoms with E-state index in [9.17, 15) is 4.79 Å². The molecule has 1 aliphatic carbocycles. The minimum absolute atomic E-state index is 0.254. The summed E-state index contributed by atoms with van der Waals surface area (Å²) in [4.78, 5) is 18.8. The SMILES string of the molecule is CCCC1CCC(=O)C(CN(C)CCc2ccccn2)C1. The third kappa shape index (κ3) is 5.24. The van der Waals surface area contributed by atoms with Crippen molar-refractivity contribution in [3.05, 3.63) is 30.1 Å². The van der Waals surface area contributed by atoms with E-state index in [1.807, 2.05) is 18.3 Å². The number of aromatic nitrogens is 1. The number of hydrogen-bond donors (Lipinski definition) is 0. The zero-order valence-electron chi connectivity index (χ0n) is 13.4. The van der Waals surface area contributed by atoms with E-state index >= 15 is 0 Å². The Hall–Kier alpha value is -1.22. The Balaban J connectivity index is 1.77. The van der Waals surface area contributed by atoms with Crippen molar-refractivity contribution in [2.45, 2.75) is 45.4 Å². The Morgan fingerprint density at radius 2 is 2.24 bits per heavy atom. The van der Waals surface area contributed by atoms with E-state index < -0.39 is 0 Å². The molecule has 2 atom stereocenters. The van der Waals surface area contributed by atoms with E-state index in [2.05, 4.69) is 29.9 Å². The molecule has 1 aliphatic rings. The van der Waals surface area contributed by atoms with Gasteiger partial charge in [-0.05, 0) is 37.9 Å². The molecule has 2 rings (SSSR count). The Labute approximate surface area is 128 Å². The summed E-state index contributed by atoms with van der Waals surface area (Å²) in [6, 6.07) is 6.04. The van der Waals surface area contributed by atoms with Gasteiger partial charge >= 0.3 is 0 Å². The molecule has 1 aromatic heterocycles. The third-order valence-electron chi connectivity index (χ3n) is 4.58. The lowest BCUT2D eigenvalue weighted by molar-refractivity contribution is -0.126. The van der Waals surface area contributed by atoms with Gasteiger partial charge < -0.3 is 4.90 Å². The van der Waals surface area contributed by atoms with Gasteiger partial charge in [-0.2, -0.15) is 0 Å². The molecule has 0 bridgehead atoms. The summed E-state index contributed by atoms with van der Waals surface area (Å²) < 4.78 is 0. The molecule has 3 nitrogen and oxygen atoms in total. The fourth-order valence-corrected chi connectivity index (χ4v) is 3.37. The van der Waals surface area contributed by atoms with Gasteiger partial charge in [0.15, 0.2) is 0 Å². The summed E-state index contributed by atoms with van der Waals surface area (Å²) in [5.74, 6) is 1.50. The van der Waals surface area contributed by atoms with Gasteiger partial charge in [0.2, 0.25) is 0 Å². The van der Waals surface area contributed by atoms with Crippen LogP contribution in [-0.2, 0) is 11.2 Å². The third-order valence-corrected chi connectivity index (χ3v) is 4.58. The molecule has 0 radical (unpaired) electrons. The van der Waals surface area contributed by atoms with E-state index in [0.717, 1.165) is 50.4 Å². The largest absolute Gasteiger partial charge is 0.305 e. The van der Waals surface area contributed by atoms with Crippen LogP contribution in [0.3, 0.4) is 0 Å². The van der Waals surface area contributed by atoms with Crippen LogP contribution in [0.2, 0.25) is 0 Å². The molecule has 0 N–H and O–H groups in total. The number of carbonyl (C=O) groups is 1. The van der Waals surface area contributed by atoms with Gasteiger partial charge in [0.25, 0.3) is 0 Å². The zero-order valence-corrected chi connectivity index (χ0v) is 13.4. The lowest BCUT2D eigenvalue weighted by Crippen LogP contribution is -2.35. The molecule has 0 saturated heterocycles. The first-order valence-corrected chi connectivity index (χ1v) is 8.30. The van der Waals surface area contributed by atoms with Gasteiger partial charge in [-0.1, -0.05) is 25.8 Å². The van der Waals surface area contributed by atoms with E-state index in [1.165, 1.54) is 12.8 Å². The van der Waals surface area contributed by atoms with Crippen molar-refractivity contribution < 1.29 is 4.79 Å². The maximum Gasteiger partial charge on any atom is 0.137 e. The number of rotatable bonds is 7. The van der Waals surface area contributed by atoms with E-state index in [4.69, 9.17) is 0 Å². The number of likely N-dealkylation sites (N-methyl/N-ethyl adjacent to an activating group) is 1. The summed E-state index contributed by atoms with van der Waals surface area (Å²) in [7, 11) is 2.12. The number of Topliss-reactive ketones (excluding diaryl/α,β-unsaturated/α-hetero) is 1. The van der Waals surface area contributed by atoms with Crippen molar-refractivity contribution >= 4 is 5.78 Å². The van der Waals surface area contributed by atoms with Gasteiger partial charge in [-0.25, -0.2) is 0 Å². The van der Waals surface area contributed by atoms with Gasteiger partial charge in [-0.15, -0.1) is 0 Å². The van der Waals surface area contributed by atoms with E-state index in [1.54, 1.807) is 0 Å². The molecule has 3 heteroatoms. The first-order valence-electron chi connectivity index (χ1n) is 8.30. The van der Waals surface area contributed by atoms with Crippen LogP contribution in [0.25, 0.3) is 0 Å². The van der Waals surface area contributed by atoms with Crippen LogP contribution in [0.4, 0.5) is 0 Å². The second kappa shape index (κ2) is 8.28. The maximum atomic E-state index is 12.1. The quantitative estimate of drug-likeness (QED) is 0.771. The van der Waals surface area contributed by atoms with Crippen molar-refractivity contribution in [1.29, 1.82) is 0 Å². The summed E-state index contributed by atoms with van der Waals surface area (Å²) in [5, 5.41) is 0. The summed E-state index contributed by atoms with van der Waals surface area (Å²) in [6.45, 7) is 4.12. The monoisotopic (exact) mass is 288 g/mol. The summed E-state index contributed by atoms with van der Waals surface area (Å²) in [5.41, 5.74) is 1.13. The van der Waals surface area contributed by atoms with Crippen LogP contribution in [0.5, 0.6) is 0 Å². The molecule has 1 heterocycles. The Morgan fingerprint density at radius 3 is 2.95 bits per heavy atom. The molecule has 1 fully saturated rings. The summed E-state index contributed by atoms with van der Waals surface area (Å²) in [6.07, 6.45) is 8.32. The average Bonchev–Trinajstić information content (AvgIpc) is 2.50. The molecule has 0 aromatic carbocycles. The molecule has 21 heavy (non-hydrogen) atoms. The number of nitrogens with zero attached hydrogens (tertiary/aromatic N) is 2. The highest BCUT2D eigenvalue weighted by atomic mass is 16.1. The highest BCUT2D eigenvalue weighted by Gasteiger charge is 2.28. The van der Waals surface area contributed by atoms with E-state index in [-0.39, 0.29) is 5.92 Å². The first-order chi connectivity index (χ1) is 10.2. The van der Waals surface area contributed by atoms with Crippen LogP contribution in [0.1, 0.15) is 44.7 Å². The van der Waals surface area contributed by atoms with Gasteiger partial charge in [0.1, 0.15) is 5.78 Å². The minimum atomic E-state index is 0.254. The molecule has 0 aliphatic heterocycles. The van der Waals surface area contributed by atoms with Crippen LogP contribution in [-0.4, -0.2) is 35.8 Å². The normalized spacial score (nSPS) is 22.7. The number of carbonyl (C=O) groups excluding carboxylic acids is 1. The molecule has 0 amide bonds. The molecule has 116 valence electrons. The fourth-order valence-electron chi connectivity index (χ4n) is 3.37. The summed E-state index contributed by atoms with van der Waals surface area (Å²) >= 11 is 0. The van der Waals surface area contributed by atoms with Crippen LogP contribution in [0.15, 0.2) is 24.4 Å². The molecular weight excluding hydrogens is 260 g/mol. The number of hydrogen-bond acceptors (Lipinski definition) is 3. The Kier molecular flexibility index (Phi) is 6.37. The first kappa shape index (κ1) is 16.2. The van der Waals surface area contributed by atoms with Crippen molar-refractivity contribution in [2.75, 3.05) is 20.1 Å². The second-order valence-corrected chi connectivity index (χ2v) is 6.43. The van der Waals surface area contributed by atoms with Crippen molar-refractivity contribution in [2.24, 2.45) is 11.8 Å². The lowest BCUT2D eigenvalue weighted by atomic mass is 9.78. The molecule has 1 saturated carbocycles. The van der Waals surface area contributed by atoms with Crippen molar-refractivity contribution in [1.82, 2.24) is 9.88 Å². The molecular formula is C18H28N2O. The van der Waals surface area contributed by atoms with Crippen LogP contribution >= 0.6 is 0 Å². The fraction of sp³-hybridized carbons (Fsp3) is 0.667. The van der Waals surface area contributed by atoms with Gasteiger partial charge in [-0.3, -0.25) is 9.78 Å². The Morgan fingerprint density at radius 1 is 1.38 bits per heavy atom. The predicted molar refractivity (Wildman–Crippen MR) is 86.2 cm³/mol. The highest BCUT2D eigenvalue weighted by molar-refractivity contribution is 5.81. The van der Waals surface area contributed by atoms with Gasteiger partial charge in [0, 0.05) is 43.7 Å². The topological polar surface area (TPSA) is 33.2 Å². The zero-order chi connectivity index (χ0) is 15.1. The molecule has 1 aromatic rings. The van der Waals surface area contributed by atoms with Gasteiger partial charge in [0.05, 0.1) is 0 Å². The van der Waals surface area contributed by atoms with Crippen LogP contribution in [0, 0.1) is 11.8 Å². The number of ketones is 1. The Bertz CT molecular complexity index is 432. The lowest BCUT2D eigenvalue weighted by Gasteiger charge is -2.30. The number of pyridine rings is 1. The van der Waals surface area contributed by atoms with Crippen molar-refractivity contribution in [3.8, 4) is 0 Å². The molecule has 2 unspecified atom stereocenters. The van der Waals surface area contributed by atoms with Crippen molar-refractivity contribution in [3.63, 3.8) is 0 Å². The molecule has 0 spiro atoms.